The first kappa shape index (κ1) is 19.1. The fourth-order valence-electron chi connectivity index (χ4n) is 1.95. The van der Waals surface area contributed by atoms with Gasteiger partial charge in [-0.1, -0.05) is 58.3 Å². The summed E-state index contributed by atoms with van der Waals surface area (Å²) in [6, 6.07) is -0.429. The highest BCUT2D eigenvalue weighted by molar-refractivity contribution is 5.88. The van der Waals surface area contributed by atoms with Crippen LogP contribution < -0.4 is 5.32 Å². The number of likely N-dealkylation sites (N-methyl/N-ethyl adjacent to an activating group) is 1. The smallest absolute Gasteiger partial charge is 0.330 e. The monoisotopic (exact) mass is 285 g/mol. The minimum atomic E-state index is -0.492. The lowest BCUT2D eigenvalue weighted by molar-refractivity contribution is -0.160. The molecule has 0 saturated heterocycles. The van der Waals surface area contributed by atoms with E-state index in [4.69, 9.17) is 4.74 Å². The number of nitrogens with one attached hydrogen (secondary N) is 1. The van der Waals surface area contributed by atoms with Crippen LogP contribution in [0.25, 0.3) is 0 Å². The number of carbonyl (C=O) groups is 2. The first-order valence-corrected chi connectivity index (χ1v) is 8.03. The van der Waals surface area contributed by atoms with Crippen molar-refractivity contribution in [2.45, 2.75) is 84.1 Å². The predicted molar refractivity (Wildman–Crippen MR) is 81.5 cm³/mol. The summed E-state index contributed by atoms with van der Waals surface area (Å²) in [5, 5.41) is 2.75. The summed E-state index contributed by atoms with van der Waals surface area (Å²) < 4.78 is 4.73. The molecule has 0 fully saturated rings. The molecule has 4 nitrogen and oxygen atoms in total. The van der Waals surface area contributed by atoms with Crippen molar-refractivity contribution >= 4 is 11.9 Å². The van der Waals surface area contributed by atoms with Crippen LogP contribution in [0.2, 0.25) is 0 Å². The van der Waals surface area contributed by atoms with Crippen molar-refractivity contribution in [2.75, 3.05) is 7.05 Å². The van der Waals surface area contributed by atoms with Crippen LogP contribution in [-0.2, 0) is 14.3 Å². The molecule has 20 heavy (non-hydrogen) atoms. The largest absolute Gasteiger partial charge is 0.392 e. The first-order chi connectivity index (χ1) is 9.61. The molecule has 118 valence electrons. The Morgan fingerprint density at radius 1 is 0.950 bits per heavy atom. The zero-order valence-electron chi connectivity index (χ0n) is 13.4. The second kappa shape index (κ2) is 13.1. The fourth-order valence-corrected chi connectivity index (χ4v) is 1.95. The van der Waals surface area contributed by atoms with E-state index in [1.54, 1.807) is 14.0 Å². The van der Waals surface area contributed by atoms with E-state index in [1.165, 1.54) is 44.9 Å². The number of hydrogen-bond donors (Lipinski definition) is 1. The lowest BCUT2D eigenvalue weighted by atomic mass is 10.1. The average molecular weight is 285 g/mol. The molecule has 0 aromatic rings. The van der Waals surface area contributed by atoms with E-state index in [1.807, 2.05) is 0 Å². The molecule has 0 aliphatic rings. The number of hydrogen-bond acceptors (Lipinski definition) is 4. The predicted octanol–water partition coefficient (Wildman–Crippen LogP) is 3.59. The van der Waals surface area contributed by atoms with E-state index >= 15 is 0 Å². The quantitative estimate of drug-likeness (QED) is 0.338. The molecule has 1 atom stereocenters. The third-order valence-electron chi connectivity index (χ3n) is 3.49. The Kier molecular flexibility index (Phi) is 12.5. The lowest BCUT2D eigenvalue weighted by Gasteiger charge is -2.08. The molecular weight excluding hydrogens is 254 g/mol. The Bertz CT molecular complexity index is 266. The summed E-state index contributed by atoms with van der Waals surface area (Å²) in [5.41, 5.74) is 0. The second-order valence-electron chi connectivity index (χ2n) is 5.38. The molecule has 0 radical (unpaired) electrons. The molecule has 0 spiro atoms. The van der Waals surface area contributed by atoms with Crippen LogP contribution in [-0.4, -0.2) is 25.0 Å². The number of rotatable bonds is 12. The molecule has 4 heteroatoms. The van der Waals surface area contributed by atoms with E-state index < -0.39 is 18.0 Å². The number of esters is 2. The molecule has 0 rings (SSSR count). The molecule has 0 heterocycles. The summed E-state index contributed by atoms with van der Waals surface area (Å²) in [4.78, 5) is 22.7. The van der Waals surface area contributed by atoms with Gasteiger partial charge < -0.3 is 10.1 Å². The van der Waals surface area contributed by atoms with Gasteiger partial charge >= 0.3 is 11.9 Å². The molecule has 0 saturated carbocycles. The summed E-state index contributed by atoms with van der Waals surface area (Å²) in [5.74, 6) is -0.895. The van der Waals surface area contributed by atoms with E-state index in [2.05, 4.69) is 12.2 Å². The molecule has 1 N–H and O–H groups in total. The van der Waals surface area contributed by atoms with Crippen LogP contribution >= 0.6 is 0 Å². The Morgan fingerprint density at radius 2 is 1.45 bits per heavy atom. The molecular formula is C16H31NO3. The molecule has 0 aromatic carbocycles. The van der Waals surface area contributed by atoms with Gasteiger partial charge in [0.1, 0.15) is 6.04 Å². The Balaban J connectivity index is 3.38. The molecule has 1 unspecified atom stereocenters. The van der Waals surface area contributed by atoms with Crippen LogP contribution in [0.15, 0.2) is 0 Å². The van der Waals surface area contributed by atoms with E-state index in [-0.39, 0.29) is 0 Å². The molecule has 0 bridgehead atoms. The third kappa shape index (κ3) is 11.0. The van der Waals surface area contributed by atoms with Crippen molar-refractivity contribution in [3.05, 3.63) is 0 Å². The maximum absolute atomic E-state index is 11.4. The third-order valence-corrected chi connectivity index (χ3v) is 3.49. The van der Waals surface area contributed by atoms with Gasteiger partial charge in [0.15, 0.2) is 0 Å². The number of unbranched alkanes of at least 4 members (excludes halogenated alkanes) is 8. The SMILES string of the molecule is CCCCCCCCCCCC(=O)OC(=O)C(C)NC. The van der Waals surface area contributed by atoms with Crippen molar-refractivity contribution in [1.29, 1.82) is 0 Å². The van der Waals surface area contributed by atoms with Crippen molar-refractivity contribution in [1.82, 2.24) is 5.32 Å². The Hall–Kier alpha value is -0.900. The minimum Gasteiger partial charge on any atom is -0.392 e. The maximum atomic E-state index is 11.4. The Labute approximate surface area is 123 Å². The zero-order chi connectivity index (χ0) is 15.2. The van der Waals surface area contributed by atoms with Crippen molar-refractivity contribution in [3.8, 4) is 0 Å². The van der Waals surface area contributed by atoms with Crippen LogP contribution in [0, 0.1) is 0 Å². The van der Waals surface area contributed by atoms with Crippen molar-refractivity contribution in [3.63, 3.8) is 0 Å². The van der Waals surface area contributed by atoms with E-state index in [0.29, 0.717) is 6.42 Å². The first-order valence-electron chi connectivity index (χ1n) is 8.03. The van der Waals surface area contributed by atoms with Crippen LogP contribution in [0.3, 0.4) is 0 Å². The second-order valence-corrected chi connectivity index (χ2v) is 5.38. The molecule has 0 aliphatic heterocycles. The van der Waals surface area contributed by atoms with Crippen LogP contribution in [0.1, 0.15) is 78.1 Å². The summed E-state index contributed by atoms with van der Waals surface area (Å²) >= 11 is 0. The minimum absolute atomic E-state index is 0.345. The van der Waals surface area contributed by atoms with E-state index in [9.17, 15) is 9.59 Å². The average Bonchev–Trinajstić information content (AvgIpc) is 2.44. The highest BCUT2D eigenvalue weighted by Gasteiger charge is 2.15. The molecule has 0 amide bonds. The van der Waals surface area contributed by atoms with Gasteiger partial charge in [-0.2, -0.15) is 0 Å². The Morgan fingerprint density at radius 3 is 1.95 bits per heavy atom. The van der Waals surface area contributed by atoms with Crippen molar-refractivity contribution < 1.29 is 14.3 Å². The summed E-state index contributed by atoms with van der Waals surface area (Å²) in [7, 11) is 1.66. The van der Waals surface area contributed by atoms with Gasteiger partial charge in [-0.05, 0) is 20.4 Å². The fraction of sp³-hybridized carbons (Fsp3) is 0.875. The summed E-state index contributed by atoms with van der Waals surface area (Å²) in [6.07, 6.45) is 11.2. The standard InChI is InChI=1S/C16H31NO3/c1-4-5-6-7-8-9-10-11-12-13-15(18)20-16(19)14(2)17-3/h14,17H,4-13H2,1-3H3. The molecule has 0 aromatic heterocycles. The highest BCUT2D eigenvalue weighted by Crippen LogP contribution is 2.10. The van der Waals surface area contributed by atoms with Crippen molar-refractivity contribution in [2.24, 2.45) is 0 Å². The lowest BCUT2D eigenvalue weighted by Crippen LogP contribution is -2.33. The van der Waals surface area contributed by atoms with Gasteiger partial charge in [-0.3, -0.25) is 4.79 Å². The zero-order valence-corrected chi connectivity index (χ0v) is 13.4. The highest BCUT2D eigenvalue weighted by atomic mass is 16.6. The van der Waals surface area contributed by atoms with Crippen LogP contribution in [0.4, 0.5) is 0 Å². The van der Waals surface area contributed by atoms with Gasteiger partial charge in [0.2, 0.25) is 0 Å². The topological polar surface area (TPSA) is 55.4 Å². The number of ether oxygens (including phenoxy) is 1. The van der Waals surface area contributed by atoms with Gasteiger partial charge in [0.25, 0.3) is 0 Å². The van der Waals surface area contributed by atoms with Gasteiger partial charge in [0.05, 0.1) is 0 Å². The van der Waals surface area contributed by atoms with E-state index in [0.717, 1.165) is 12.8 Å². The van der Waals surface area contributed by atoms with Gasteiger partial charge in [0, 0.05) is 6.42 Å². The normalized spacial score (nSPS) is 12.2. The van der Waals surface area contributed by atoms with Gasteiger partial charge in [-0.15, -0.1) is 0 Å². The summed E-state index contributed by atoms with van der Waals surface area (Å²) in [6.45, 7) is 3.90. The van der Waals surface area contributed by atoms with Gasteiger partial charge in [-0.25, -0.2) is 4.79 Å². The number of carbonyl (C=O) groups excluding carboxylic acids is 2. The molecule has 0 aliphatic carbocycles. The van der Waals surface area contributed by atoms with Crippen LogP contribution in [0.5, 0.6) is 0 Å². The maximum Gasteiger partial charge on any atom is 0.330 e.